The van der Waals surface area contributed by atoms with Crippen LogP contribution in [-0.2, 0) is 9.59 Å². The molecule has 164 valence electrons. The molecule has 3 fully saturated rings. The van der Waals surface area contributed by atoms with Gasteiger partial charge < -0.3 is 16.0 Å². The second-order valence-corrected chi connectivity index (χ2v) is 8.37. The number of halogens is 2. The van der Waals surface area contributed by atoms with Crippen LogP contribution in [0.2, 0.25) is 0 Å². The number of likely N-dealkylation sites (N-methyl/N-ethyl adjacent to an activating group) is 1. The number of amides is 2. The predicted molar refractivity (Wildman–Crippen MR) is 117 cm³/mol. The van der Waals surface area contributed by atoms with Gasteiger partial charge in [-0.3, -0.25) is 14.5 Å². The van der Waals surface area contributed by atoms with Crippen molar-refractivity contribution in [2.24, 2.45) is 17.6 Å². The molecule has 0 bridgehead atoms. The first-order valence-electron chi connectivity index (χ1n) is 10.6. The smallest absolute Gasteiger partial charge is 0.225 e. The van der Waals surface area contributed by atoms with Crippen molar-refractivity contribution in [3.8, 4) is 0 Å². The van der Waals surface area contributed by atoms with Crippen LogP contribution >= 0.6 is 24.8 Å². The van der Waals surface area contributed by atoms with E-state index < -0.39 is 0 Å². The van der Waals surface area contributed by atoms with Crippen molar-refractivity contribution in [3.63, 3.8) is 0 Å². The van der Waals surface area contributed by atoms with E-state index in [9.17, 15) is 9.59 Å². The molecule has 1 saturated carbocycles. The first-order valence-corrected chi connectivity index (χ1v) is 10.6. The molecular formula is C20H38Cl2N4O2. The van der Waals surface area contributed by atoms with Crippen molar-refractivity contribution in [1.29, 1.82) is 0 Å². The summed E-state index contributed by atoms with van der Waals surface area (Å²) in [6.45, 7) is 6.19. The van der Waals surface area contributed by atoms with Crippen molar-refractivity contribution in [2.45, 2.75) is 70.4 Å². The Morgan fingerprint density at radius 1 is 1.18 bits per heavy atom. The van der Waals surface area contributed by atoms with Crippen LogP contribution < -0.4 is 11.1 Å². The zero-order valence-electron chi connectivity index (χ0n) is 17.1. The Morgan fingerprint density at radius 2 is 1.89 bits per heavy atom. The zero-order chi connectivity index (χ0) is 18.5. The second-order valence-electron chi connectivity index (χ2n) is 8.37. The fourth-order valence-electron chi connectivity index (χ4n) is 5.10. The molecule has 3 aliphatic rings. The van der Waals surface area contributed by atoms with Crippen molar-refractivity contribution in [2.75, 3.05) is 32.7 Å². The highest BCUT2D eigenvalue weighted by molar-refractivity contribution is 5.89. The van der Waals surface area contributed by atoms with E-state index in [1.165, 1.54) is 25.7 Å². The van der Waals surface area contributed by atoms with Gasteiger partial charge in [0.05, 0.1) is 5.92 Å². The fraction of sp³-hybridized carbons (Fsp3) is 0.900. The summed E-state index contributed by atoms with van der Waals surface area (Å²) in [5.41, 5.74) is 5.95. The third-order valence-corrected chi connectivity index (χ3v) is 6.72. The number of carbonyl (C=O) groups excluding carboxylic acids is 2. The van der Waals surface area contributed by atoms with E-state index in [1.807, 2.05) is 4.90 Å². The van der Waals surface area contributed by atoms with Gasteiger partial charge in [-0.25, -0.2) is 0 Å². The van der Waals surface area contributed by atoms with Crippen molar-refractivity contribution in [1.82, 2.24) is 15.1 Å². The van der Waals surface area contributed by atoms with Gasteiger partial charge in [-0.1, -0.05) is 26.2 Å². The van der Waals surface area contributed by atoms with Gasteiger partial charge in [0, 0.05) is 38.1 Å². The second kappa shape index (κ2) is 12.2. The number of hydrogen-bond donors (Lipinski definition) is 2. The molecule has 1 aliphatic carbocycles. The highest BCUT2D eigenvalue weighted by Crippen LogP contribution is 2.27. The number of carbonyl (C=O) groups is 2. The monoisotopic (exact) mass is 436 g/mol. The Morgan fingerprint density at radius 3 is 2.54 bits per heavy atom. The molecule has 0 aromatic carbocycles. The molecule has 3 atom stereocenters. The summed E-state index contributed by atoms with van der Waals surface area (Å²) in [6.07, 6.45) is 8.81. The van der Waals surface area contributed by atoms with Crippen molar-refractivity contribution >= 4 is 36.6 Å². The van der Waals surface area contributed by atoms with Crippen molar-refractivity contribution in [3.05, 3.63) is 0 Å². The minimum Gasteiger partial charge on any atom is -0.352 e. The molecule has 3 unspecified atom stereocenters. The summed E-state index contributed by atoms with van der Waals surface area (Å²) in [4.78, 5) is 29.6. The summed E-state index contributed by atoms with van der Waals surface area (Å²) in [7, 11) is 0. The molecule has 8 heteroatoms. The molecular weight excluding hydrogens is 399 g/mol. The molecule has 0 radical (unpaired) electrons. The Bertz CT molecular complexity index is 503. The fourth-order valence-corrected chi connectivity index (χ4v) is 5.10. The van der Waals surface area contributed by atoms with Gasteiger partial charge in [0.2, 0.25) is 11.8 Å². The maximum Gasteiger partial charge on any atom is 0.225 e. The van der Waals surface area contributed by atoms with Crippen LogP contribution in [-0.4, -0.2) is 66.4 Å². The molecule has 2 aliphatic heterocycles. The highest BCUT2D eigenvalue weighted by Gasteiger charge is 2.38. The summed E-state index contributed by atoms with van der Waals surface area (Å²) in [5, 5.41) is 3.18. The van der Waals surface area contributed by atoms with E-state index >= 15 is 0 Å². The average molecular weight is 437 g/mol. The maximum absolute atomic E-state index is 12.8. The quantitative estimate of drug-likeness (QED) is 0.640. The third-order valence-electron chi connectivity index (χ3n) is 6.72. The molecule has 28 heavy (non-hydrogen) atoms. The number of hydrogen-bond acceptors (Lipinski definition) is 4. The van der Waals surface area contributed by atoms with Crippen LogP contribution in [0.1, 0.15) is 58.3 Å². The predicted octanol–water partition coefficient (Wildman–Crippen LogP) is 2.19. The third kappa shape index (κ3) is 6.22. The molecule has 2 amide bonds. The Balaban J connectivity index is 0.00000196. The van der Waals surface area contributed by atoms with E-state index in [0.29, 0.717) is 31.5 Å². The lowest BCUT2D eigenvalue weighted by atomic mass is 9.83. The Labute approximate surface area is 182 Å². The zero-order valence-corrected chi connectivity index (χ0v) is 18.7. The van der Waals surface area contributed by atoms with E-state index in [1.54, 1.807) is 0 Å². The molecule has 3 N–H and O–H groups in total. The largest absolute Gasteiger partial charge is 0.352 e. The summed E-state index contributed by atoms with van der Waals surface area (Å²) in [5.74, 6) is 0.454. The van der Waals surface area contributed by atoms with Gasteiger partial charge in [-0.15, -0.1) is 24.8 Å². The van der Waals surface area contributed by atoms with Crippen LogP contribution in [0, 0.1) is 11.8 Å². The summed E-state index contributed by atoms with van der Waals surface area (Å²) >= 11 is 0. The topological polar surface area (TPSA) is 78.7 Å². The minimum absolute atomic E-state index is 0. The van der Waals surface area contributed by atoms with E-state index in [4.69, 9.17) is 5.73 Å². The molecule has 0 aromatic rings. The summed E-state index contributed by atoms with van der Waals surface area (Å²) < 4.78 is 0. The lowest BCUT2D eigenvalue weighted by Gasteiger charge is -2.31. The number of nitrogens with one attached hydrogen (secondary N) is 1. The molecule has 0 aromatic heterocycles. The van der Waals surface area contributed by atoms with E-state index in [2.05, 4.69) is 17.1 Å². The first-order chi connectivity index (χ1) is 12.6. The minimum atomic E-state index is -0.211. The van der Waals surface area contributed by atoms with Gasteiger partial charge in [0.15, 0.2) is 0 Å². The molecule has 3 rings (SSSR count). The van der Waals surface area contributed by atoms with Gasteiger partial charge in [-0.2, -0.15) is 0 Å². The molecule has 0 spiro atoms. The van der Waals surface area contributed by atoms with Gasteiger partial charge >= 0.3 is 0 Å². The molecule has 2 saturated heterocycles. The van der Waals surface area contributed by atoms with Crippen LogP contribution in [0.15, 0.2) is 0 Å². The number of rotatable bonds is 7. The van der Waals surface area contributed by atoms with Crippen molar-refractivity contribution < 1.29 is 9.59 Å². The Kier molecular flexibility index (Phi) is 11.1. The number of nitrogens with two attached hydrogens (primary N) is 1. The van der Waals surface area contributed by atoms with Gasteiger partial charge in [0.1, 0.15) is 0 Å². The molecule has 6 nitrogen and oxygen atoms in total. The van der Waals surface area contributed by atoms with Gasteiger partial charge in [0.25, 0.3) is 0 Å². The maximum atomic E-state index is 12.8. The van der Waals surface area contributed by atoms with E-state index in [0.717, 1.165) is 38.9 Å². The standard InChI is InChI=1S/C20H36N4O2.2ClH/c1-2-23-10-6-9-17(23)14-24-13-16(11-19(24)25)20(26)22-18(12-21)15-7-4-3-5-8-15;;/h15-18H,2-14,21H2,1H3,(H,22,26);2*1H. The number of nitrogens with zero attached hydrogens (tertiary/aromatic N) is 2. The molecule has 2 heterocycles. The average Bonchev–Trinajstić information content (AvgIpc) is 3.27. The summed E-state index contributed by atoms with van der Waals surface area (Å²) in [6, 6.07) is 0.530. The van der Waals surface area contributed by atoms with Crippen LogP contribution in [0.4, 0.5) is 0 Å². The number of likely N-dealkylation sites (tertiary alicyclic amines) is 2. The van der Waals surface area contributed by atoms with Crippen LogP contribution in [0.5, 0.6) is 0 Å². The van der Waals surface area contributed by atoms with E-state index in [-0.39, 0.29) is 48.6 Å². The SMILES string of the molecule is CCN1CCCC1CN1CC(C(=O)NC(CN)C2CCCCC2)CC1=O.Cl.Cl. The van der Waals surface area contributed by atoms with Gasteiger partial charge in [-0.05, 0) is 44.7 Å². The van der Waals surface area contributed by atoms with Crippen LogP contribution in [0.3, 0.4) is 0 Å². The normalized spacial score (nSPS) is 27.2. The van der Waals surface area contributed by atoms with Crippen LogP contribution in [0.25, 0.3) is 0 Å². The lowest BCUT2D eigenvalue weighted by Crippen LogP contribution is -2.48. The lowest BCUT2D eigenvalue weighted by molar-refractivity contribution is -0.129. The Hall–Kier alpha value is -0.560. The highest BCUT2D eigenvalue weighted by atomic mass is 35.5. The first kappa shape index (κ1) is 25.5.